The summed E-state index contributed by atoms with van der Waals surface area (Å²) in [6, 6.07) is 6.89. The zero-order chi connectivity index (χ0) is 29.1. The minimum Gasteiger partial charge on any atom is -0.465 e. The number of nitrogens with two attached hydrogens (primary N) is 1. The number of nitrogen functional groups attached to an aromatic ring is 1. The number of carbonyl (C=O) groups is 1. The summed E-state index contributed by atoms with van der Waals surface area (Å²) in [6.45, 7) is 1.29. The summed E-state index contributed by atoms with van der Waals surface area (Å²) in [7, 11) is -2.75. The molecular weight excluding hydrogens is 552 g/mol. The van der Waals surface area contributed by atoms with E-state index in [9.17, 15) is 19.6 Å². The summed E-state index contributed by atoms with van der Waals surface area (Å²) in [4.78, 5) is 24.5. The number of aliphatic hydroxyl groups is 2. The number of fused-ring (bicyclic) bond motifs is 1. The van der Waals surface area contributed by atoms with Gasteiger partial charge >= 0.3 is 13.7 Å². The minimum atomic E-state index is -4.33. The lowest BCUT2D eigenvalue weighted by Gasteiger charge is -2.27. The van der Waals surface area contributed by atoms with Crippen molar-refractivity contribution in [2.45, 2.75) is 44.0 Å². The molecule has 0 amide bonds. The van der Waals surface area contributed by atoms with E-state index in [1.807, 2.05) is 0 Å². The third kappa shape index (κ3) is 5.87. The second-order valence-corrected chi connectivity index (χ2v) is 10.6. The largest absolute Gasteiger partial charge is 0.465 e. The summed E-state index contributed by atoms with van der Waals surface area (Å²) < 4.78 is 52.8. The fraction of sp³-hybridized carbons (Fsp3) is 0.478. The van der Waals surface area contributed by atoms with E-state index in [0.717, 1.165) is 4.57 Å². The van der Waals surface area contributed by atoms with Crippen molar-refractivity contribution in [1.29, 1.82) is 0 Å². The number of halogens is 1. The van der Waals surface area contributed by atoms with Crippen molar-refractivity contribution in [2.75, 3.05) is 37.9 Å². The van der Waals surface area contributed by atoms with Crippen LogP contribution in [0.2, 0.25) is 0 Å². The number of hydrogen-bond acceptors (Lipinski definition) is 13. The first-order valence-corrected chi connectivity index (χ1v) is 13.8. The molecule has 1 saturated heterocycles. The molecule has 0 unspecified atom stereocenters. The number of nitrogens with zero attached hydrogens (tertiary/aromatic N) is 4. The van der Waals surface area contributed by atoms with Crippen LogP contribution in [0.3, 0.4) is 0 Å². The predicted octanol–water partition coefficient (Wildman–Crippen LogP) is 1.15. The number of rotatable bonds is 12. The molecule has 1 fully saturated rings. The molecule has 15 nitrogen and oxygen atoms in total. The number of hydrogen-bond donors (Lipinski definition) is 5. The number of aliphatic hydroxyl groups excluding tert-OH is 2. The smallest absolute Gasteiger partial charge is 0.459 e. The lowest BCUT2D eigenvalue weighted by Crippen LogP contribution is -2.46. The van der Waals surface area contributed by atoms with Crippen LogP contribution in [0.5, 0.6) is 5.75 Å². The first-order chi connectivity index (χ1) is 19.0. The summed E-state index contributed by atoms with van der Waals surface area (Å²) in [6.07, 6.45) is -3.83. The molecule has 0 radical (unpaired) electrons. The molecule has 6 N–H and O–H groups in total. The highest BCUT2D eigenvalue weighted by atomic mass is 31.2. The summed E-state index contributed by atoms with van der Waals surface area (Å²) in [5.41, 5.74) is 3.35. The van der Waals surface area contributed by atoms with Gasteiger partial charge in [0.15, 0.2) is 23.2 Å². The van der Waals surface area contributed by atoms with E-state index in [2.05, 4.69) is 25.4 Å². The van der Waals surface area contributed by atoms with Gasteiger partial charge in [-0.25, -0.2) is 13.9 Å². The molecule has 4 rings (SSSR count). The van der Waals surface area contributed by atoms with Crippen LogP contribution in [-0.2, 0) is 23.4 Å². The quantitative estimate of drug-likeness (QED) is 0.150. The van der Waals surface area contributed by atoms with Gasteiger partial charge in [0.25, 0.3) is 0 Å². The topological polar surface area (TPSA) is 205 Å². The average molecular weight is 584 g/mol. The normalized spacial score (nSPS) is 24.9. The Kier molecular flexibility index (Phi) is 8.87. The number of aromatic nitrogens is 4. The van der Waals surface area contributed by atoms with Crippen molar-refractivity contribution >= 4 is 36.6 Å². The molecule has 1 aliphatic heterocycles. The molecule has 3 heterocycles. The number of para-hydroxylation sites is 1. The van der Waals surface area contributed by atoms with Crippen LogP contribution in [0.25, 0.3) is 11.2 Å². The van der Waals surface area contributed by atoms with Crippen molar-refractivity contribution in [3.8, 4) is 5.75 Å². The molecular formula is C23H31FN7O8P. The van der Waals surface area contributed by atoms with Crippen LogP contribution in [-0.4, -0.2) is 86.5 Å². The lowest BCUT2D eigenvalue weighted by molar-refractivity contribution is -0.144. The highest BCUT2D eigenvalue weighted by molar-refractivity contribution is 7.52. The second kappa shape index (κ2) is 12.0. The summed E-state index contributed by atoms with van der Waals surface area (Å²) >= 11 is 0. The van der Waals surface area contributed by atoms with Crippen LogP contribution >= 0.6 is 7.75 Å². The van der Waals surface area contributed by atoms with Gasteiger partial charge in [-0.2, -0.15) is 15.1 Å². The van der Waals surface area contributed by atoms with Gasteiger partial charge < -0.3 is 35.3 Å². The Labute approximate surface area is 228 Å². The molecule has 2 aromatic heterocycles. The maximum atomic E-state index is 16.1. The molecule has 0 spiro atoms. The molecule has 218 valence electrons. The first kappa shape index (κ1) is 29.6. The molecule has 17 heteroatoms. The third-order valence-electron chi connectivity index (χ3n) is 6.10. The minimum absolute atomic E-state index is 0.0779. The standard InChI is InChI=1S/C23H31FN7O8P/c1-4-36-20(34)13(2)30-40(35,39-14-8-6-5-7-9-14)37-10-15-17(33)23(24,11-32)21(38-15)31-12-27-16-18(26-3)28-22(25)29-19(16)31/h5-9,12-13,15,17,21,32-33H,4,10-11H2,1-3H3,(H,30,35)(H3,25,26,28,29)/t13-,15-,17-,21-,23-,40+/m1/s1. The maximum Gasteiger partial charge on any atom is 0.459 e. The van der Waals surface area contributed by atoms with Gasteiger partial charge in [0.2, 0.25) is 11.6 Å². The van der Waals surface area contributed by atoms with Gasteiger partial charge in [-0.15, -0.1) is 0 Å². The number of nitrogens with one attached hydrogen (secondary N) is 2. The molecule has 0 saturated carbocycles. The summed E-state index contributed by atoms with van der Waals surface area (Å²) in [5, 5.41) is 26.1. The van der Waals surface area contributed by atoms with Crippen molar-refractivity contribution in [3.63, 3.8) is 0 Å². The fourth-order valence-electron chi connectivity index (χ4n) is 4.13. The van der Waals surface area contributed by atoms with Crippen LogP contribution in [0, 0.1) is 0 Å². The number of ether oxygens (including phenoxy) is 2. The second-order valence-electron chi connectivity index (χ2n) is 8.86. The van der Waals surface area contributed by atoms with Crippen LogP contribution < -0.4 is 20.7 Å². The van der Waals surface area contributed by atoms with Crippen LogP contribution in [0.15, 0.2) is 36.7 Å². The third-order valence-corrected chi connectivity index (χ3v) is 7.74. The Morgan fingerprint density at radius 3 is 2.73 bits per heavy atom. The Hall–Kier alpha value is -3.40. The Morgan fingerprint density at radius 2 is 2.08 bits per heavy atom. The zero-order valence-corrected chi connectivity index (χ0v) is 22.8. The van der Waals surface area contributed by atoms with Gasteiger partial charge in [-0.1, -0.05) is 18.2 Å². The first-order valence-electron chi connectivity index (χ1n) is 12.3. The van der Waals surface area contributed by atoms with Gasteiger partial charge in [0, 0.05) is 7.05 Å². The van der Waals surface area contributed by atoms with E-state index in [0.29, 0.717) is 0 Å². The number of benzene rings is 1. The van der Waals surface area contributed by atoms with Crippen molar-refractivity contribution in [1.82, 2.24) is 24.6 Å². The van der Waals surface area contributed by atoms with E-state index in [-0.39, 0.29) is 35.3 Å². The monoisotopic (exact) mass is 583 g/mol. The van der Waals surface area contributed by atoms with Gasteiger partial charge in [-0.3, -0.25) is 13.9 Å². The number of alkyl halides is 1. The van der Waals surface area contributed by atoms with Crippen molar-refractivity contribution in [3.05, 3.63) is 36.7 Å². The molecule has 0 bridgehead atoms. The molecule has 40 heavy (non-hydrogen) atoms. The van der Waals surface area contributed by atoms with Crippen LogP contribution in [0.1, 0.15) is 20.1 Å². The Bertz CT molecular complexity index is 1380. The molecule has 1 aromatic carbocycles. The molecule has 6 atom stereocenters. The Morgan fingerprint density at radius 1 is 1.35 bits per heavy atom. The van der Waals surface area contributed by atoms with E-state index in [1.54, 1.807) is 32.2 Å². The highest BCUT2D eigenvalue weighted by Crippen LogP contribution is 2.48. The van der Waals surface area contributed by atoms with E-state index >= 15 is 4.39 Å². The fourth-order valence-corrected chi connectivity index (χ4v) is 5.63. The van der Waals surface area contributed by atoms with Gasteiger partial charge in [-0.05, 0) is 26.0 Å². The maximum absolute atomic E-state index is 16.1. The van der Waals surface area contributed by atoms with Crippen molar-refractivity contribution in [2.24, 2.45) is 0 Å². The van der Waals surface area contributed by atoms with Crippen LogP contribution in [0.4, 0.5) is 16.2 Å². The van der Waals surface area contributed by atoms with E-state index < -0.39 is 57.1 Å². The van der Waals surface area contributed by atoms with Gasteiger partial charge in [0.05, 0.1) is 26.1 Å². The number of imidazole rings is 1. The average Bonchev–Trinajstić information content (AvgIpc) is 3.46. The number of anilines is 2. The van der Waals surface area contributed by atoms with Crippen molar-refractivity contribution < 1.29 is 42.5 Å². The Balaban J connectivity index is 1.59. The highest BCUT2D eigenvalue weighted by Gasteiger charge is 2.59. The molecule has 0 aliphatic carbocycles. The van der Waals surface area contributed by atoms with E-state index in [4.69, 9.17) is 24.3 Å². The zero-order valence-electron chi connectivity index (χ0n) is 21.9. The molecule has 3 aromatic rings. The lowest BCUT2D eigenvalue weighted by atomic mass is 9.97. The SMILES string of the molecule is CCOC(=O)[C@@H](C)N[P@](=O)(OC[C@H]1O[C@@H](n2cnc3c(NC)nc(N)nc32)[C@@](F)(CO)[C@@H]1O)Oc1ccccc1. The number of carbonyl (C=O) groups excluding carboxylic acids is 1. The number of esters is 1. The summed E-state index contributed by atoms with van der Waals surface area (Å²) in [5.74, 6) is -0.421. The predicted molar refractivity (Wildman–Crippen MR) is 140 cm³/mol. The van der Waals surface area contributed by atoms with Gasteiger partial charge in [0.1, 0.15) is 24.0 Å². The van der Waals surface area contributed by atoms with E-state index in [1.165, 1.54) is 25.4 Å². The molecule has 1 aliphatic rings.